The molecule has 9 heteroatoms. The van der Waals surface area contributed by atoms with Crippen LogP contribution in [-0.2, 0) is 23.2 Å². The molecule has 23 heavy (non-hydrogen) atoms. The lowest BCUT2D eigenvalue weighted by Gasteiger charge is -2.22. The van der Waals surface area contributed by atoms with Crippen LogP contribution in [0.1, 0.15) is 24.4 Å². The van der Waals surface area contributed by atoms with Gasteiger partial charge in [0.25, 0.3) is 0 Å². The van der Waals surface area contributed by atoms with Crippen LogP contribution in [0.3, 0.4) is 0 Å². The summed E-state index contributed by atoms with van der Waals surface area (Å²) in [6.45, 7) is -0.856. The van der Waals surface area contributed by atoms with Gasteiger partial charge in [0.1, 0.15) is 17.4 Å². The topological polar surface area (TPSA) is 93.3 Å². The number of rotatable bonds is 2. The number of hydrogen-bond donors (Lipinski definition) is 2. The molecule has 1 aliphatic rings. The Balaban J connectivity index is 2.30. The number of hydrogen-bond acceptors (Lipinski definition) is 4. The number of nitrogens with one attached hydrogen (secondary N) is 1. The lowest BCUT2D eigenvalue weighted by Crippen LogP contribution is -2.44. The molecule has 3 rings (SSSR count). The number of aliphatic hydroxyl groups is 1. The molecule has 1 aromatic heterocycles. The largest absolute Gasteiger partial charge is 0.391 e. The first-order valence-electron chi connectivity index (χ1n) is 6.89. The Morgan fingerprint density at radius 3 is 2.65 bits per heavy atom. The molecule has 0 spiro atoms. The Hall–Kier alpha value is -2.55. The summed E-state index contributed by atoms with van der Waals surface area (Å²) in [4.78, 5) is 35.6. The molecule has 1 aromatic carbocycles. The minimum absolute atomic E-state index is 0.0267. The summed E-state index contributed by atoms with van der Waals surface area (Å²) in [7, 11) is 1.29. The Morgan fingerprint density at radius 1 is 1.35 bits per heavy atom. The van der Waals surface area contributed by atoms with Gasteiger partial charge in [0.2, 0.25) is 11.8 Å². The van der Waals surface area contributed by atoms with Crippen LogP contribution in [0.15, 0.2) is 10.9 Å². The van der Waals surface area contributed by atoms with Gasteiger partial charge in [-0.2, -0.15) is 0 Å². The highest BCUT2D eigenvalue weighted by Gasteiger charge is 2.32. The van der Waals surface area contributed by atoms with Crippen LogP contribution in [0, 0.1) is 11.6 Å². The van der Waals surface area contributed by atoms with Crippen molar-refractivity contribution in [3.63, 3.8) is 0 Å². The number of carbonyl (C=O) groups excluding carboxylic acids is 2. The van der Waals surface area contributed by atoms with E-state index < -0.39 is 47.4 Å². The number of aromatic nitrogens is 2. The van der Waals surface area contributed by atoms with Crippen molar-refractivity contribution in [1.82, 2.24) is 14.5 Å². The van der Waals surface area contributed by atoms with E-state index in [1.165, 1.54) is 7.05 Å². The van der Waals surface area contributed by atoms with Gasteiger partial charge in [-0.1, -0.05) is 0 Å². The first-order valence-corrected chi connectivity index (χ1v) is 6.89. The molecule has 7 nitrogen and oxygen atoms in total. The lowest BCUT2D eigenvalue weighted by atomic mass is 10.1. The lowest BCUT2D eigenvalue weighted by molar-refractivity contribution is -0.135. The number of halogens is 2. The van der Waals surface area contributed by atoms with Crippen molar-refractivity contribution in [1.29, 1.82) is 0 Å². The van der Waals surface area contributed by atoms with Crippen LogP contribution in [-0.4, -0.2) is 26.1 Å². The van der Waals surface area contributed by atoms with E-state index in [0.29, 0.717) is 0 Å². The highest BCUT2D eigenvalue weighted by atomic mass is 19.1. The molecular weight excluding hydrogens is 312 g/mol. The van der Waals surface area contributed by atoms with Gasteiger partial charge in [-0.25, -0.2) is 13.6 Å². The quantitative estimate of drug-likeness (QED) is 0.765. The molecule has 2 amide bonds. The number of nitrogens with zero attached hydrogens (tertiary/aromatic N) is 2. The molecular formula is C14H13F2N3O4. The number of imide groups is 1. The third-order valence-corrected chi connectivity index (χ3v) is 4.04. The van der Waals surface area contributed by atoms with Crippen LogP contribution in [0.4, 0.5) is 8.78 Å². The first-order chi connectivity index (χ1) is 10.9. The van der Waals surface area contributed by atoms with Crippen LogP contribution in [0.5, 0.6) is 0 Å². The van der Waals surface area contributed by atoms with E-state index in [4.69, 9.17) is 5.11 Å². The van der Waals surface area contributed by atoms with E-state index in [-0.39, 0.29) is 23.9 Å². The normalized spacial score (nSPS) is 18.5. The summed E-state index contributed by atoms with van der Waals surface area (Å²) in [5.41, 5.74) is -1.55. The molecule has 1 atom stereocenters. The van der Waals surface area contributed by atoms with Gasteiger partial charge in [-0.15, -0.1) is 0 Å². The van der Waals surface area contributed by atoms with Crippen LogP contribution < -0.4 is 11.0 Å². The van der Waals surface area contributed by atoms with E-state index >= 15 is 0 Å². The average molecular weight is 325 g/mol. The fourth-order valence-corrected chi connectivity index (χ4v) is 2.87. The number of imidazole rings is 1. The van der Waals surface area contributed by atoms with Crippen LogP contribution in [0.25, 0.3) is 11.0 Å². The predicted octanol–water partition coefficient (Wildman–Crippen LogP) is 0.0882. The van der Waals surface area contributed by atoms with Gasteiger partial charge in [0, 0.05) is 19.5 Å². The van der Waals surface area contributed by atoms with Crippen molar-refractivity contribution < 1.29 is 23.5 Å². The smallest absolute Gasteiger partial charge is 0.329 e. The van der Waals surface area contributed by atoms with Crippen molar-refractivity contribution in [2.75, 3.05) is 0 Å². The van der Waals surface area contributed by atoms with E-state index in [9.17, 15) is 23.2 Å². The Morgan fingerprint density at radius 2 is 2.04 bits per heavy atom. The van der Waals surface area contributed by atoms with Crippen molar-refractivity contribution in [3.8, 4) is 0 Å². The van der Waals surface area contributed by atoms with E-state index in [1.807, 2.05) is 0 Å². The second kappa shape index (κ2) is 5.27. The molecule has 1 saturated heterocycles. The zero-order valence-electron chi connectivity index (χ0n) is 12.1. The van der Waals surface area contributed by atoms with Crippen molar-refractivity contribution in [2.24, 2.45) is 7.05 Å². The summed E-state index contributed by atoms with van der Waals surface area (Å²) in [5, 5.41) is 11.2. The highest BCUT2D eigenvalue weighted by molar-refractivity contribution is 6.00. The molecule has 1 fully saturated rings. The van der Waals surface area contributed by atoms with Gasteiger partial charge in [0.05, 0.1) is 17.7 Å². The second-order valence-electron chi connectivity index (χ2n) is 5.36. The van der Waals surface area contributed by atoms with E-state index in [1.54, 1.807) is 0 Å². The number of benzene rings is 1. The average Bonchev–Trinajstić information content (AvgIpc) is 2.72. The zero-order chi connectivity index (χ0) is 16.9. The van der Waals surface area contributed by atoms with Gasteiger partial charge >= 0.3 is 5.69 Å². The SMILES string of the molecule is Cn1c(=O)n(C2CCC(=O)NC2=O)c2cc(F)c(CO)c(F)c21. The second-order valence-corrected chi connectivity index (χ2v) is 5.36. The third kappa shape index (κ3) is 2.15. The maximum Gasteiger partial charge on any atom is 0.329 e. The summed E-state index contributed by atoms with van der Waals surface area (Å²) < 4.78 is 30.3. The number of piperidine rings is 1. The number of aryl methyl sites for hydroxylation is 1. The van der Waals surface area contributed by atoms with E-state index in [0.717, 1.165) is 15.2 Å². The fourth-order valence-electron chi connectivity index (χ4n) is 2.87. The van der Waals surface area contributed by atoms with Crippen molar-refractivity contribution >= 4 is 22.8 Å². The standard InChI is InChI=1S/C14H13F2N3O4/c1-18-12-9(4-7(15)6(5-20)11(12)16)19(14(18)23)8-2-3-10(21)17-13(8)22/h4,8,20H,2-3,5H2,1H3,(H,17,21,22). The van der Waals surface area contributed by atoms with Crippen LogP contribution >= 0.6 is 0 Å². The summed E-state index contributed by atoms with van der Waals surface area (Å²) >= 11 is 0. The molecule has 1 unspecified atom stereocenters. The first kappa shape index (κ1) is 15.3. The minimum Gasteiger partial charge on any atom is -0.391 e. The molecule has 0 aliphatic carbocycles. The molecule has 0 saturated carbocycles. The number of carbonyl (C=O) groups is 2. The summed E-state index contributed by atoms with van der Waals surface area (Å²) in [5.74, 6) is -3.21. The fraction of sp³-hybridized carbons (Fsp3) is 0.357. The Kier molecular flexibility index (Phi) is 3.52. The highest BCUT2D eigenvalue weighted by Crippen LogP contribution is 2.27. The molecule has 2 N–H and O–H groups in total. The maximum atomic E-state index is 14.4. The van der Waals surface area contributed by atoms with Gasteiger partial charge < -0.3 is 5.11 Å². The Bertz CT molecular complexity index is 900. The van der Waals surface area contributed by atoms with Crippen LogP contribution in [0.2, 0.25) is 0 Å². The number of amides is 2. The summed E-state index contributed by atoms with van der Waals surface area (Å²) in [6.07, 6.45) is 0.0909. The monoisotopic (exact) mass is 325 g/mol. The molecule has 2 heterocycles. The zero-order valence-corrected chi connectivity index (χ0v) is 12.1. The minimum atomic E-state index is -1.05. The molecule has 122 valence electrons. The molecule has 2 aromatic rings. The van der Waals surface area contributed by atoms with Gasteiger partial charge in [0.15, 0.2) is 5.82 Å². The molecule has 1 aliphatic heterocycles. The van der Waals surface area contributed by atoms with Crippen molar-refractivity contribution in [3.05, 3.63) is 33.7 Å². The molecule has 0 radical (unpaired) electrons. The summed E-state index contributed by atoms with van der Waals surface area (Å²) in [6, 6.07) is -0.114. The van der Waals surface area contributed by atoms with Crippen molar-refractivity contribution in [2.45, 2.75) is 25.5 Å². The van der Waals surface area contributed by atoms with E-state index in [2.05, 4.69) is 5.32 Å². The predicted molar refractivity (Wildman–Crippen MR) is 74.4 cm³/mol. The Labute approximate surface area is 128 Å². The maximum absolute atomic E-state index is 14.4. The number of fused-ring (bicyclic) bond motifs is 1. The van der Waals surface area contributed by atoms with Gasteiger partial charge in [-0.05, 0) is 6.42 Å². The molecule has 0 bridgehead atoms. The third-order valence-electron chi connectivity index (χ3n) is 4.04. The number of aliphatic hydroxyl groups excluding tert-OH is 1. The van der Waals surface area contributed by atoms with Gasteiger partial charge in [-0.3, -0.25) is 24.0 Å².